The monoisotopic (exact) mass is 394 g/mol. The second kappa shape index (κ2) is 8.83. The smallest absolute Gasteiger partial charge is 0.269 e. The summed E-state index contributed by atoms with van der Waals surface area (Å²) in [7, 11) is -3.84. The van der Waals surface area contributed by atoms with Crippen molar-refractivity contribution in [1.82, 2.24) is 4.72 Å². The molecule has 0 heterocycles. The average Bonchev–Trinajstić information content (AvgIpc) is 2.63. The Labute approximate surface area is 158 Å². The first-order valence-electron chi connectivity index (χ1n) is 8.44. The summed E-state index contributed by atoms with van der Waals surface area (Å²) in [6, 6.07) is 9.41. The highest BCUT2D eigenvalue weighted by atomic mass is 32.2. The SMILES string of the molecule is CCOc1ccc([C@@H](C)NS(=O)(=O)c2ccc([N+](=O)[O-])cc2)cc1OCC. The number of nitrogens with one attached hydrogen (secondary N) is 1. The molecule has 8 nitrogen and oxygen atoms in total. The predicted octanol–water partition coefficient (Wildman–Crippen LogP) is 3.43. The van der Waals surface area contributed by atoms with Gasteiger partial charge in [0.05, 0.1) is 23.0 Å². The molecule has 0 amide bonds. The number of rotatable bonds is 9. The molecule has 1 atom stereocenters. The summed E-state index contributed by atoms with van der Waals surface area (Å²) < 4.78 is 38.7. The first-order valence-corrected chi connectivity index (χ1v) is 9.93. The molecular formula is C18H22N2O6S. The van der Waals surface area contributed by atoms with Gasteiger partial charge in [-0.3, -0.25) is 10.1 Å². The Morgan fingerprint density at radius 3 is 2.19 bits per heavy atom. The second-order valence-corrected chi connectivity index (χ2v) is 7.38. The summed E-state index contributed by atoms with van der Waals surface area (Å²) in [4.78, 5) is 10.1. The summed E-state index contributed by atoms with van der Waals surface area (Å²) in [5.74, 6) is 1.13. The molecule has 2 aromatic carbocycles. The van der Waals surface area contributed by atoms with E-state index in [2.05, 4.69) is 4.72 Å². The van der Waals surface area contributed by atoms with Crippen LogP contribution >= 0.6 is 0 Å². The molecule has 0 bridgehead atoms. The molecule has 0 aliphatic rings. The Morgan fingerprint density at radius 1 is 1.04 bits per heavy atom. The molecule has 0 unspecified atom stereocenters. The van der Waals surface area contributed by atoms with E-state index in [1.54, 1.807) is 25.1 Å². The van der Waals surface area contributed by atoms with Crippen molar-refractivity contribution in [2.45, 2.75) is 31.7 Å². The lowest BCUT2D eigenvalue weighted by Gasteiger charge is -2.17. The first-order chi connectivity index (χ1) is 12.8. The second-order valence-electron chi connectivity index (χ2n) is 5.67. The zero-order chi connectivity index (χ0) is 20.0. The van der Waals surface area contributed by atoms with Crippen LogP contribution in [-0.2, 0) is 10.0 Å². The Hall–Kier alpha value is -2.65. The van der Waals surface area contributed by atoms with Crippen molar-refractivity contribution in [3.8, 4) is 11.5 Å². The van der Waals surface area contributed by atoms with Gasteiger partial charge in [-0.25, -0.2) is 13.1 Å². The molecule has 2 aromatic rings. The minimum Gasteiger partial charge on any atom is -0.490 e. The molecule has 0 saturated carbocycles. The van der Waals surface area contributed by atoms with E-state index >= 15 is 0 Å². The standard InChI is InChI=1S/C18H22N2O6S/c1-4-25-17-11-6-14(12-18(17)26-5-2)13(3)19-27(23,24)16-9-7-15(8-10-16)20(21)22/h6-13,19H,4-5H2,1-3H3/t13-/m1/s1. The molecule has 0 spiro atoms. The van der Waals surface area contributed by atoms with Crippen molar-refractivity contribution in [3.63, 3.8) is 0 Å². The zero-order valence-corrected chi connectivity index (χ0v) is 16.2. The summed E-state index contributed by atoms with van der Waals surface area (Å²) in [6.45, 7) is 6.36. The van der Waals surface area contributed by atoms with Crippen molar-refractivity contribution in [1.29, 1.82) is 0 Å². The largest absolute Gasteiger partial charge is 0.490 e. The van der Waals surface area contributed by atoms with Gasteiger partial charge in [0.2, 0.25) is 10.0 Å². The van der Waals surface area contributed by atoms with Crippen LogP contribution < -0.4 is 14.2 Å². The van der Waals surface area contributed by atoms with E-state index in [9.17, 15) is 18.5 Å². The van der Waals surface area contributed by atoms with Gasteiger partial charge in [-0.1, -0.05) is 6.07 Å². The van der Waals surface area contributed by atoms with Crippen LogP contribution in [-0.4, -0.2) is 26.6 Å². The number of nitro benzene ring substituents is 1. The van der Waals surface area contributed by atoms with Crippen LogP contribution in [0.3, 0.4) is 0 Å². The molecule has 2 rings (SSSR count). The van der Waals surface area contributed by atoms with Gasteiger partial charge in [0.25, 0.3) is 5.69 Å². The number of benzene rings is 2. The van der Waals surface area contributed by atoms with Crippen molar-refractivity contribution >= 4 is 15.7 Å². The van der Waals surface area contributed by atoms with Crippen molar-refractivity contribution in [3.05, 3.63) is 58.1 Å². The first kappa shape index (κ1) is 20.7. The van der Waals surface area contributed by atoms with Gasteiger partial charge in [-0.15, -0.1) is 0 Å². The molecular weight excluding hydrogens is 372 g/mol. The number of nitro groups is 1. The molecule has 0 fully saturated rings. The van der Waals surface area contributed by atoms with Gasteiger partial charge < -0.3 is 9.47 Å². The third kappa shape index (κ3) is 5.18. The molecule has 0 aromatic heterocycles. The summed E-state index contributed by atoms with van der Waals surface area (Å²) in [5, 5.41) is 10.7. The number of ether oxygens (including phenoxy) is 2. The van der Waals surface area contributed by atoms with Crippen LogP contribution in [0.5, 0.6) is 11.5 Å². The fraction of sp³-hybridized carbons (Fsp3) is 0.333. The van der Waals surface area contributed by atoms with E-state index in [0.717, 1.165) is 12.1 Å². The van der Waals surface area contributed by atoms with Crippen LogP contribution in [0.4, 0.5) is 5.69 Å². The van der Waals surface area contributed by atoms with Crippen molar-refractivity contribution in [2.24, 2.45) is 0 Å². The lowest BCUT2D eigenvalue weighted by molar-refractivity contribution is -0.384. The minimum absolute atomic E-state index is 0.0454. The van der Waals surface area contributed by atoms with E-state index < -0.39 is 21.0 Å². The molecule has 0 aliphatic carbocycles. The highest BCUT2D eigenvalue weighted by Crippen LogP contribution is 2.31. The molecule has 0 saturated heterocycles. The van der Waals surface area contributed by atoms with Crippen LogP contribution in [0, 0.1) is 10.1 Å². The van der Waals surface area contributed by atoms with Crippen LogP contribution in [0.25, 0.3) is 0 Å². The van der Waals surface area contributed by atoms with E-state index in [-0.39, 0.29) is 10.6 Å². The molecule has 1 N–H and O–H groups in total. The fourth-order valence-corrected chi connectivity index (χ4v) is 3.68. The molecule has 146 valence electrons. The van der Waals surface area contributed by atoms with Crippen molar-refractivity contribution < 1.29 is 22.8 Å². The average molecular weight is 394 g/mol. The van der Waals surface area contributed by atoms with Gasteiger partial charge in [-0.2, -0.15) is 0 Å². The highest BCUT2D eigenvalue weighted by molar-refractivity contribution is 7.89. The zero-order valence-electron chi connectivity index (χ0n) is 15.3. The van der Waals surface area contributed by atoms with E-state index in [1.165, 1.54) is 12.1 Å². The highest BCUT2D eigenvalue weighted by Gasteiger charge is 2.20. The third-order valence-electron chi connectivity index (χ3n) is 3.76. The Balaban J connectivity index is 2.23. The third-order valence-corrected chi connectivity index (χ3v) is 5.31. The maximum Gasteiger partial charge on any atom is 0.269 e. The van der Waals surface area contributed by atoms with Gasteiger partial charge in [0.1, 0.15) is 0 Å². The van der Waals surface area contributed by atoms with Gasteiger partial charge in [0, 0.05) is 18.2 Å². The molecule has 0 radical (unpaired) electrons. The number of non-ortho nitro benzene ring substituents is 1. The quantitative estimate of drug-likeness (QED) is 0.516. The summed E-state index contributed by atoms with van der Waals surface area (Å²) in [6.07, 6.45) is 0. The van der Waals surface area contributed by atoms with Gasteiger partial charge in [0.15, 0.2) is 11.5 Å². The van der Waals surface area contributed by atoms with E-state index in [0.29, 0.717) is 30.3 Å². The maximum atomic E-state index is 12.5. The summed E-state index contributed by atoms with van der Waals surface area (Å²) in [5.41, 5.74) is 0.530. The Bertz CT molecular complexity index is 897. The Morgan fingerprint density at radius 2 is 1.63 bits per heavy atom. The van der Waals surface area contributed by atoms with Crippen molar-refractivity contribution in [2.75, 3.05) is 13.2 Å². The minimum atomic E-state index is -3.84. The molecule has 9 heteroatoms. The summed E-state index contributed by atoms with van der Waals surface area (Å²) >= 11 is 0. The lowest BCUT2D eigenvalue weighted by atomic mass is 10.1. The van der Waals surface area contributed by atoms with Crippen LogP contribution in [0.15, 0.2) is 47.4 Å². The molecule has 27 heavy (non-hydrogen) atoms. The Kier molecular flexibility index (Phi) is 6.75. The number of sulfonamides is 1. The molecule has 0 aliphatic heterocycles. The topological polar surface area (TPSA) is 108 Å². The number of hydrogen-bond acceptors (Lipinski definition) is 6. The predicted molar refractivity (Wildman–Crippen MR) is 101 cm³/mol. The van der Waals surface area contributed by atoms with Crippen LogP contribution in [0.1, 0.15) is 32.4 Å². The normalized spacial score (nSPS) is 12.4. The fourth-order valence-electron chi connectivity index (χ4n) is 2.45. The van der Waals surface area contributed by atoms with E-state index in [4.69, 9.17) is 9.47 Å². The van der Waals surface area contributed by atoms with Crippen LogP contribution in [0.2, 0.25) is 0 Å². The van der Waals surface area contributed by atoms with Gasteiger partial charge in [-0.05, 0) is 50.6 Å². The maximum absolute atomic E-state index is 12.5. The van der Waals surface area contributed by atoms with E-state index in [1.807, 2.05) is 13.8 Å². The number of nitrogens with zero attached hydrogens (tertiary/aromatic N) is 1. The number of hydrogen-bond donors (Lipinski definition) is 1. The van der Waals surface area contributed by atoms with Gasteiger partial charge >= 0.3 is 0 Å². The lowest BCUT2D eigenvalue weighted by Crippen LogP contribution is -2.27.